The second-order valence-corrected chi connectivity index (χ2v) is 5.64. The largest absolute Gasteiger partial charge is 0.206 e. The second kappa shape index (κ2) is 5.86. The van der Waals surface area contributed by atoms with Gasteiger partial charge in [-0.3, -0.25) is 0 Å². The third kappa shape index (κ3) is 2.67. The number of hydrogen-bond donors (Lipinski definition) is 0. The van der Waals surface area contributed by atoms with Crippen LogP contribution in [0.5, 0.6) is 0 Å². The van der Waals surface area contributed by atoms with E-state index in [4.69, 9.17) is 0 Å². The van der Waals surface area contributed by atoms with Gasteiger partial charge in [0.15, 0.2) is 11.6 Å². The van der Waals surface area contributed by atoms with E-state index in [-0.39, 0.29) is 11.1 Å². The lowest BCUT2D eigenvalue weighted by Gasteiger charge is -2.26. The van der Waals surface area contributed by atoms with Crippen LogP contribution in [0.25, 0.3) is 12.4 Å². The molecule has 1 aliphatic rings. The van der Waals surface area contributed by atoms with E-state index in [1.165, 1.54) is 6.07 Å². The molecule has 0 atom stereocenters. The van der Waals surface area contributed by atoms with E-state index in [0.29, 0.717) is 11.5 Å². The summed E-state index contributed by atoms with van der Waals surface area (Å²) in [6.07, 6.45) is 4.56. The lowest BCUT2D eigenvalue weighted by molar-refractivity contribution is 0.338. The van der Waals surface area contributed by atoms with Gasteiger partial charge >= 0.3 is 0 Å². The fourth-order valence-electron chi connectivity index (χ4n) is 2.93. The lowest BCUT2D eigenvalue weighted by atomic mass is 9.79. The van der Waals surface area contributed by atoms with E-state index < -0.39 is 22.7 Å². The molecule has 0 aliphatic heterocycles. The summed E-state index contributed by atoms with van der Waals surface area (Å²) in [5.74, 6) is -2.34. The highest BCUT2D eigenvalue weighted by Crippen LogP contribution is 2.36. The Morgan fingerprint density at radius 3 is 2.35 bits per heavy atom. The highest BCUT2D eigenvalue weighted by Gasteiger charge is 2.24. The molecule has 3 heteroatoms. The predicted molar refractivity (Wildman–Crippen MR) is 76.2 cm³/mol. The number of rotatable bonds is 2. The monoisotopic (exact) mass is 280 g/mol. The quantitative estimate of drug-likeness (QED) is 0.770. The van der Waals surface area contributed by atoms with Crippen molar-refractivity contribution >= 4 is 12.4 Å². The van der Waals surface area contributed by atoms with Crippen molar-refractivity contribution in [2.24, 2.45) is 5.92 Å². The summed E-state index contributed by atoms with van der Waals surface area (Å²) in [5, 5.41) is -0.236. The molecule has 108 valence electrons. The average molecular weight is 280 g/mol. The Hall–Kier alpha value is -1.51. The Morgan fingerprint density at radius 1 is 1.20 bits per heavy atom. The Bertz CT molecular complexity index is 623. The van der Waals surface area contributed by atoms with Crippen LogP contribution in [0.3, 0.4) is 0 Å². The molecule has 20 heavy (non-hydrogen) atoms. The number of hydrogen-bond acceptors (Lipinski definition) is 0. The van der Waals surface area contributed by atoms with Gasteiger partial charge in [0.25, 0.3) is 0 Å². The lowest BCUT2D eigenvalue weighted by Crippen LogP contribution is -2.32. The summed E-state index contributed by atoms with van der Waals surface area (Å²) in [5.41, 5.74) is 0.333. The zero-order valence-corrected chi connectivity index (χ0v) is 11.7. The molecule has 0 heterocycles. The summed E-state index contributed by atoms with van der Waals surface area (Å²) >= 11 is 0. The van der Waals surface area contributed by atoms with E-state index in [9.17, 15) is 13.2 Å². The van der Waals surface area contributed by atoms with Crippen LogP contribution >= 0.6 is 0 Å². The molecule has 1 saturated carbocycles. The molecular formula is C17H19F3. The number of allylic oxidation sites excluding steroid dienone is 1. The summed E-state index contributed by atoms with van der Waals surface area (Å²) in [6, 6.07) is 1.48. The summed E-state index contributed by atoms with van der Waals surface area (Å²) in [7, 11) is 0. The maximum atomic E-state index is 14.2. The van der Waals surface area contributed by atoms with Crippen molar-refractivity contribution in [1.29, 1.82) is 0 Å². The Balaban J connectivity index is 2.54. The Morgan fingerprint density at radius 2 is 1.80 bits per heavy atom. The van der Waals surface area contributed by atoms with Crippen molar-refractivity contribution in [3.05, 3.63) is 46.4 Å². The molecule has 0 amide bonds. The molecular weight excluding hydrogens is 261 g/mol. The van der Waals surface area contributed by atoms with Gasteiger partial charge in [-0.15, -0.1) is 0 Å². The molecule has 0 aromatic heterocycles. The molecule has 0 spiro atoms. The second-order valence-electron chi connectivity index (χ2n) is 5.64. The van der Waals surface area contributed by atoms with E-state index in [0.717, 1.165) is 31.8 Å². The van der Waals surface area contributed by atoms with Crippen LogP contribution in [0.4, 0.5) is 13.2 Å². The van der Waals surface area contributed by atoms with Crippen LogP contribution in [0.2, 0.25) is 0 Å². The van der Waals surface area contributed by atoms with Gasteiger partial charge in [-0.05, 0) is 47.6 Å². The van der Waals surface area contributed by atoms with Crippen molar-refractivity contribution in [2.45, 2.75) is 38.5 Å². The first-order valence-electron chi connectivity index (χ1n) is 6.94. The molecule has 0 N–H and O–H groups in total. The fraction of sp³-hybridized carbons (Fsp3) is 0.412. The minimum absolute atomic E-state index is 0.00189. The Kier molecular flexibility index (Phi) is 4.36. The molecule has 2 rings (SSSR count). The highest BCUT2D eigenvalue weighted by atomic mass is 19.2. The standard InChI is InChI=1S/C17H19F3/c1-4-14(18)15-11(3)9-13(16(19)17(15)20)12-7-5-10(2)6-8-12/h4,9-10,12H,1,3,5-8H2,2H3/b15-14-. The van der Waals surface area contributed by atoms with Gasteiger partial charge in [-0.1, -0.05) is 32.9 Å². The van der Waals surface area contributed by atoms with E-state index >= 15 is 0 Å². The molecule has 0 radical (unpaired) electrons. The van der Waals surface area contributed by atoms with Gasteiger partial charge in [-0.25, -0.2) is 13.2 Å². The minimum Gasteiger partial charge on any atom is -0.206 e. The summed E-state index contributed by atoms with van der Waals surface area (Å²) in [4.78, 5) is 0. The van der Waals surface area contributed by atoms with E-state index in [1.54, 1.807) is 0 Å². The van der Waals surface area contributed by atoms with Crippen LogP contribution in [0.1, 0.15) is 44.1 Å². The molecule has 1 aromatic rings. The van der Waals surface area contributed by atoms with Crippen LogP contribution in [-0.2, 0) is 0 Å². The van der Waals surface area contributed by atoms with Crippen LogP contribution in [0, 0.1) is 17.6 Å². The molecule has 0 saturated heterocycles. The topological polar surface area (TPSA) is 0 Å². The van der Waals surface area contributed by atoms with Crippen molar-refractivity contribution in [3.63, 3.8) is 0 Å². The minimum atomic E-state index is -1.15. The van der Waals surface area contributed by atoms with E-state index in [1.807, 2.05) is 0 Å². The van der Waals surface area contributed by atoms with Crippen LogP contribution in [-0.4, -0.2) is 0 Å². The van der Waals surface area contributed by atoms with Gasteiger partial charge in [0.1, 0.15) is 5.83 Å². The van der Waals surface area contributed by atoms with Crippen LogP contribution < -0.4 is 10.4 Å². The van der Waals surface area contributed by atoms with Gasteiger partial charge < -0.3 is 0 Å². The van der Waals surface area contributed by atoms with Crippen LogP contribution in [0.15, 0.2) is 18.7 Å². The first-order chi connectivity index (χ1) is 9.45. The van der Waals surface area contributed by atoms with Gasteiger partial charge in [0.2, 0.25) is 0 Å². The van der Waals surface area contributed by atoms with E-state index in [2.05, 4.69) is 20.1 Å². The Labute approximate surface area is 117 Å². The van der Waals surface area contributed by atoms with Crippen molar-refractivity contribution in [1.82, 2.24) is 0 Å². The summed E-state index contributed by atoms with van der Waals surface area (Å²) < 4.78 is 41.8. The first kappa shape index (κ1) is 14.9. The van der Waals surface area contributed by atoms with Gasteiger partial charge in [0.05, 0.1) is 5.22 Å². The zero-order chi connectivity index (χ0) is 14.9. The van der Waals surface area contributed by atoms with Crippen molar-refractivity contribution < 1.29 is 13.2 Å². The number of halogens is 3. The fourth-order valence-corrected chi connectivity index (χ4v) is 2.93. The molecule has 1 fully saturated rings. The smallest absolute Gasteiger partial charge is 0.169 e. The molecule has 1 aliphatic carbocycles. The predicted octanol–water partition coefficient (Wildman–Crippen LogP) is 3.93. The van der Waals surface area contributed by atoms with Crippen molar-refractivity contribution in [2.75, 3.05) is 0 Å². The normalized spacial score (nSPS) is 24.4. The molecule has 0 bridgehead atoms. The third-order valence-corrected chi connectivity index (χ3v) is 4.19. The maximum absolute atomic E-state index is 14.2. The SMILES string of the molecule is C=C/C(F)=c1/c(F)c(F)c(C2CCC(C)CC2)cc1=C. The first-order valence-corrected chi connectivity index (χ1v) is 6.94. The zero-order valence-electron chi connectivity index (χ0n) is 11.7. The molecule has 0 unspecified atom stereocenters. The number of benzene rings is 1. The maximum Gasteiger partial charge on any atom is 0.169 e. The van der Waals surface area contributed by atoms with Gasteiger partial charge in [0, 0.05) is 0 Å². The molecule has 1 aromatic carbocycles. The van der Waals surface area contributed by atoms with Gasteiger partial charge in [-0.2, -0.15) is 0 Å². The van der Waals surface area contributed by atoms with Crippen molar-refractivity contribution in [3.8, 4) is 0 Å². The third-order valence-electron chi connectivity index (χ3n) is 4.19. The summed E-state index contributed by atoms with van der Waals surface area (Å²) in [6.45, 7) is 9.05. The highest BCUT2D eigenvalue weighted by molar-refractivity contribution is 5.49. The average Bonchev–Trinajstić information content (AvgIpc) is 2.43. The molecule has 0 nitrogen and oxygen atoms in total.